The smallest absolute Gasteiger partial charge is 0.142 e. The zero-order valence-electron chi connectivity index (χ0n) is 6.16. The molecule has 12 heavy (non-hydrogen) atoms. The van der Waals surface area contributed by atoms with E-state index in [4.69, 9.17) is 15.6 Å². The molecule has 0 amide bonds. The zero-order chi connectivity index (χ0) is 9.14. The van der Waals surface area contributed by atoms with E-state index in [1.54, 1.807) is 0 Å². The van der Waals surface area contributed by atoms with Crippen LogP contribution in [-0.2, 0) is 4.79 Å². The third kappa shape index (κ3) is 1.87. The zero-order valence-corrected chi connectivity index (χ0v) is 6.16. The van der Waals surface area contributed by atoms with E-state index in [0.29, 0.717) is 15.2 Å². The molecule has 0 aromatic rings. The Morgan fingerprint density at radius 2 is 1.75 bits per heavy atom. The number of hydroxylamine groups is 6. The van der Waals surface area contributed by atoms with E-state index in [9.17, 15) is 4.79 Å². The summed E-state index contributed by atoms with van der Waals surface area (Å²) in [5, 5.41) is 28.8. The molecule has 7 heteroatoms. The summed E-state index contributed by atoms with van der Waals surface area (Å²) in [6.07, 6.45) is -0.0154. The number of hydrogen-bond acceptors (Lipinski definition) is 7. The van der Waals surface area contributed by atoms with E-state index >= 15 is 0 Å². The Labute approximate surface area is 68.2 Å². The molecular weight excluding hydrogens is 166 g/mol. The van der Waals surface area contributed by atoms with E-state index in [2.05, 4.69) is 0 Å². The largest absolute Gasteiger partial charge is 0.311 e. The van der Waals surface area contributed by atoms with Gasteiger partial charge in [0.25, 0.3) is 0 Å². The normalized spacial score (nSPS) is 23.9. The first-order valence-electron chi connectivity index (χ1n) is 3.21. The van der Waals surface area contributed by atoms with E-state index in [1.807, 2.05) is 0 Å². The van der Waals surface area contributed by atoms with Crippen LogP contribution >= 0.6 is 0 Å². The molecule has 3 N–H and O–H groups in total. The predicted molar refractivity (Wildman–Crippen MR) is 34.7 cm³/mol. The van der Waals surface area contributed by atoms with Crippen LogP contribution in [0.25, 0.3) is 0 Å². The lowest BCUT2D eigenvalue weighted by Gasteiger charge is -2.37. The molecular formula is C5H9N3O4. The van der Waals surface area contributed by atoms with Gasteiger partial charge in [0.1, 0.15) is 25.4 Å². The highest BCUT2D eigenvalue weighted by atomic mass is 16.6. The Hall–Kier alpha value is -0.790. The van der Waals surface area contributed by atoms with Gasteiger partial charge < -0.3 is 15.6 Å². The highest BCUT2D eigenvalue weighted by molar-refractivity contribution is 5.46. The molecule has 0 aromatic heterocycles. The minimum Gasteiger partial charge on any atom is -0.311 e. The molecule has 1 aliphatic rings. The van der Waals surface area contributed by atoms with Crippen LogP contribution in [0, 0.1) is 0 Å². The van der Waals surface area contributed by atoms with Gasteiger partial charge in [0, 0.05) is 6.08 Å². The molecule has 0 radical (unpaired) electrons. The Bertz CT molecular complexity index is 193. The van der Waals surface area contributed by atoms with Crippen LogP contribution < -0.4 is 0 Å². The first-order valence-corrected chi connectivity index (χ1v) is 3.21. The number of nitrogens with zero attached hydrogens (tertiary/aromatic N) is 3. The van der Waals surface area contributed by atoms with Crippen molar-refractivity contribution in [1.82, 2.24) is 15.2 Å². The molecule has 0 spiro atoms. The third-order valence-corrected chi connectivity index (χ3v) is 1.44. The molecule has 1 rings (SSSR count). The lowest BCUT2D eigenvalue weighted by atomic mass is 10.4. The molecule has 1 fully saturated rings. The summed E-state index contributed by atoms with van der Waals surface area (Å²) in [4.78, 5) is 9.91. The minimum absolute atomic E-state index is 0.167. The SMILES string of the molecule is O=C=CC1N(O)CN(O)CN1O. The molecule has 1 aliphatic heterocycles. The lowest BCUT2D eigenvalue weighted by Crippen LogP contribution is -2.57. The van der Waals surface area contributed by atoms with Crippen molar-refractivity contribution in [2.75, 3.05) is 13.3 Å². The van der Waals surface area contributed by atoms with Crippen LogP contribution in [0.5, 0.6) is 0 Å². The molecule has 1 heterocycles. The Kier molecular flexibility index (Phi) is 2.90. The van der Waals surface area contributed by atoms with Gasteiger partial charge in [-0.05, 0) is 0 Å². The van der Waals surface area contributed by atoms with Crippen molar-refractivity contribution in [3.63, 3.8) is 0 Å². The molecule has 0 unspecified atom stereocenters. The van der Waals surface area contributed by atoms with Gasteiger partial charge in [0.15, 0.2) is 0 Å². The van der Waals surface area contributed by atoms with Gasteiger partial charge >= 0.3 is 0 Å². The topological polar surface area (TPSA) is 87.5 Å². The molecule has 68 valence electrons. The van der Waals surface area contributed by atoms with Crippen molar-refractivity contribution in [2.24, 2.45) is 0 Å². The van der Waals surface area contributed by atoms with Crippen LogP contribution in [0.15, 0.2) is 6.08 Å². The summed E-state index contributed by atoms with van der Waals surface area (Å²) < 4.78 is 0. The minimum atomic E-state index is -0.953. The molecule has 7 nitrogen and oxygen atoms in total. The van der Waals surface area contributed by atoms with Crippen molar-refractivity contribution in [1.29, 1.82) is 0 Å². The second kappa shape index (κ2) is 3.74. The van der Waals surface area contributed by atoms with E-state index in [0.717, 1.165) is 6.08 Å². The maximum absolute atomic E-state index is 9.91. The van der Waals surface area contributed by atoms with Gasteiger partial charge in [-0.25, -0.2) is 4.79 Å². The Balaban J connectivity index is 2.66. The van der Waals surface area contributed by atoms with Gasteiger partial charge in [0.2, 0.25) is 0 Å². The molecule has 0 atom stereocenters. The molecule has 0 saturated carbocycles. The van der Waals surface area contributed by atoms with Gasteiger partial charge in [-0.3, -0.25) is 0 Å². The average Bonchev–Trinajstić information content (AvgIpc) is 1.96. The van der Waals surface area contributed by atoms with Crippen LogP contribution in [0.1, 0.15) is 0 Å². The monoisotopic (exact) mass is 175 g/mol. The van der Waals surface area contributed by atoms with Gasteiger partial charge in [-0.2, -0.15) is 15.2 Å². The Morgan fingerprint density at radius 1 is 1.25 bits per heavy atom. The van der Waals surface area contributed by atoms with Crippen molar-refractivity contribution >= 4 is 5.94 Å². The molecule has 0 aromatic carbocycles. The van der Waals surface area contributed by atoms with E-state index in [-0.39, 0.29) is 13.3 Å². The molecule has 0 aliphatic carbocycles. The third-order valence-electron chi connectivity index (χ3n) is 1.44. The lowest BCUT2D eigenvalue weighted by molar-refractivity contribution is -0.347. The van der Waals surface area contributed by atoms with Crippen molar-refractivity contribution < 1.29 is 20.4 Å². The van der Waals surface area contributed by atoms with Crippen molar-refractivity contribution in [3.05, 3.63) is 6.08 Å². The van der Waals surface area contributed by atoms with Gasteiger partial charge in [-0.1, -0.05) is 0 Å². The second-order valence-corrected chi connectivity index (χ2v) is 2.37. The van der Waals surface area contributed by atoms with Crippen molar-refractivity contribution in [2.45, 2.75) is 6.17 Å². The number of rotatable bonds is 1. The summed E-state index contributed by atoms with van der Waals surface area (Å²) in [5.74, 6) is 1.43. The average molecular weight is 175 g/mol. The number of hydrogen-bond donors (Lipinski definition) is 3. The van der Waals surface area contributed by atoms with Crippen LogP contribution in [0.2, 0.25) is 0 Å². The van der Waals surface area contributed by atoms with Gasteiger partial charge in [-0.15, -0.1) is 0 Å². The van der Waals surface area contributed by atoms with E-state index in [1.165, 1.54) is 5.94 Å². The van der Waals surface area contributed by atoms with Crippen molar-refractivity contribution in [3.8, 4) is 0 Å². The summed E-state index contributed by atoms with van der Waals surface area (Å²) in [7, 11) is 0. The fourth-order valence-electron chi connectivity index (χ4n) is 0.933. The first-order chi connectivity index (χ1) is 5.65. The maximum Gasteiger partial charge on any atom is 0.142 e. The maximum atomic E-state index is 9.91. The highest BCUT2D eigenvalue weighted by Crippen LogP contribution is 2.08. The summed E-state index contributed by atoms with van der Waals surface area (Å²) in [6, 6.07) is 0. The summed E-state index contributed by atoms with van der Waals surface area (Å²) in [6.45, 7) is -0.334. The first kappa shape index (κ1) is 9.30. The standard InChI is InChI=1S/C5H9N3O4/c9-2-1-5-7(11)3-6(10)4-8(5)12/h1,5,10-12H,3-4H2. The Morgan fingerprint density at radius 3 is 2.17 bits per heavy atom. The van der Waals surface area contributed by atoms with Crippen LogP contribution in [-0.4, -0.2) is 56.3 Å². The van der Waals surface area contributed by atoms with E-state index < -0.39 is 6.17 Å². The fourth-order valence-corrected chi connectivity index (χ4v) is 0.933. The second-order valence-electron chi connectivity index (χ2n) is 2.37. The molecule has 0 bridgehead atoms. The van der Waals surface area contributed by atoms with Crippen LogP contribution in [0.4, 0.5) is 0 Å². The fraction of sp³-hybridized carbons (Fsp3) is 0.600. The summed E-state index contributed by atoms with van der Waals surface area (Å²) in [5.41, 5.74) is 0. The van der Waals surface area contributed by atoms with Gasteiger partial charge in [0.05, 0.1) is 0 Å². The summed E-state index contributed by atoms with van der Waals surface area (Å²) >= 11 is 0. The predicted octanol–water partition coefficient (Wildman–Crippen LogP) is -1.30. The quantitative estimate of drug-likeness (QED) is 0.427. The highest BCUT2D eigenvalue weighted by Gasteiger charge is 2.29. The van der Waals surface area contributed by atoms with Crippen LogP contribution in [0.3, 0.4) is 0 Å². The number of carbonyl (C=O) groups excluding carboxylic acids is 1. The molecule has 1 saturated heterocycles.